The molecule has 1 atom stereocenters. The number of allylic oxidation sites excluding steroid dienone is 1. The van der Waals surface area contributed by atoms with Crippen molar-refractivity contribution in [3.05, 3.63) is 66.2 Å². The number of carbonyl (C=O) groups excluding carboxylic acids is 2. The number of benzene rings is 2. The van der Waals surface area contributed by atoms with Gasteiger partial charge >= 0.3 is 6.03 Å². The number of urea groups is 1. The molecule has 0 radical (unpaired) electrons. The van der Waals surface area contributed by atoms with Crippen LogP contribution in [0.4, 0.5) is 13.6 Å². The highest BCUT2D eigenvalue weighted by atomic mass is 19.3. The van der Waals surface area contributed by atoms with E-state index in [1.807, 2.05) is 35.6 Å². The summed E-state index contributed by atoms with van der Waals surface area (Å²) < 4.78 is 27.3. The molecule has 0 aliphatic heterocycles. The molecule has 0 aliphatic rings. The van der Waals surface area contributed by atoms with Crippen molar-refractivity contribution in [2.24, 2.45) is 17.6 Å². The highest BCUT2D eigenvalue weighted by Crippen LogP contribution is 2.28. The van der Waals surface area contributed by atoms with Crippen molar-refractivity contribution in [2.45, 2.75) is 20.3 Å². The SMILES string of the molecule is CC(C)C(/C=C(\c1ccc(-c2ccccc2)cc1)C(F)F)C(=O)NC(N)=O. The lowest BCUT2D eigenvalue weighted by atomic mass is 9.90. The van der Waals surface area contributed by atoms with Gasteiger partial charge in [-0.3, -0.25) is 10.1 Å². The van der Waals surface area contributed by atoms with Crippen LogP contribution in [0.3, 0.4) is 0 Å². The molecule has 0 fully saturated rings. The van der Waals surface area contributed by atoms with Crippen molar-refractivity contribution in [2.75, 3.05) is 0 Å². The molecule has 0 heterocycles. The molecule has 4 nitrogen and oxygen atoms in total. The van der Waals surface area contributed by atoms with E-state index in [4.69, 9.17) is 5.73 Å². The fourth-order valence-corrected chi connectivity index (χ4v) is 2.75. The monoisotopic (exact) mass is 372 g/mol. The molecule has 0 saturated heterocycles. The topological polar surface area (TPSA) is 72.2 Å². The van der Waals surface area contributed by atoms with Crippen LogP contribution >= 0.6 is 0 Å². The number of hydrogen-bond acceptors (Lipinski definition) is 2. The molecular weight excluding hydrogens is 350 g/mol. The minimum Gasteiger partial charge on any atom is -0.351 e. The van der Waals surface area contributed by atoms with Gasteiger partial charge in [0, 0.05) is 5.57 Å². The van der Waals surface area contributed by atoms with Gasteiger partial charge in [0.05, 0.1) is 5.92 Å². The summed E-state index contributed by atoms with van der Waals surface area (Å²) in [6.07, 6.45) is -1.55. The number of carbonyl (C=O) groups is 2. The van der Waals surface area contributed by atoms with E-state index in [0.717, 1.165) is 11.1 Å². The Kier molecular flexibility index (Phi) is 6.82. The van der Waals surface area contributed by atoms with Crippen LogP contribution in [0.2, 0.25) is 0 Å². The first-order valence-corrected chi connectivity index (χ1v) is 8.55. The third-order valence-electron chi connectivity index (χ3n) is 4.19. The quantitative estimate of drug-likeness (QED) is 0.785. The van der Waals surface area contributed by atoms with E-state index in [9.17, 15) is 18.4 Å². The summed E-state index contributed by atoms with van der Waals surface area (Å²) >= 11 is 0. The van der Waals surface area contributed by atoms with E-state index in [2.05, 4.69) is 0 Å². The van der Waals surface area contributed by atoms with Crippen LogP contribution in [0.15, 0.2) is 60.7 Å². The number of imide groups is 1. The largest absolute Gasteiger partial charge is 0.351 e. The molecule has 0 spiro atoms. The average Bonchev–Trinajstić information content (AvgIpc) is 2.62. The van der Waals surface area contributed by atoms with Crippen molar-refractivity contribution in [1.82, 2.24) is 5.32 Å². The van der Waals surface area contributed by atoms with Crippen LogP contribution in [-0.4, -0.2) is 18.4 Å². The lowest BCUT2D eigenvalue weighted by Gasteiger charge is -2.18. The van der Waals surface area contributed by atoms with E-state index in [1.54, 1.807) is 38.1 Å². The Hall–Kier alpha value is -3.02. The predicted molar refractivity (Wildman–Crippen MR) is 102 cm³/mol. The number of nitrogens with one attached hydrogen (secondary N) is 1. The van der Waals surface area contributed by atoms with Crippen LogP contribution in [0, 0.1) is 11.8 Å². The fourth-order valence-electron chi connectivity index (χ4n) is 2.75. The van der Waals surface area contributed by atoms with Gasteiger partial charge in [-0.2, -0.15) is 0 Å². The smallest absolute Gasteiger partial charge is 0.318 e. The molecule has 0 aliphatic carbocycles. The molecule has 6 heteroatoms. The van der Waals surface area contributed by atoms with E-state index in [0.29, 0.717) is 5.56 Å². The maximum atomic E-state index is 13.7. The Labute approximate surface area is 157 Å². The van der Waals surface area contributed by atoms with Crippen molar-refractivity contribution >= 4 is 17.5 Å². The Morgan fingerprint density at radius 1 is 0.963 bits per heavy atom. The lowest BCUT2D eigenvalue weighted by Crippen LogP contribution is -2.40. The van der Waals surface area contributed by atoms with E-state index >= 15 is 0 Å². The summed E-state index contributed by atoms with van der Waals surface area (Å²) in [4.78, 5) is 23.0. The lowest BCUT2D eigenvalue weighted by molar-refractivity contribution is -0.123. The first-order chi connectivity index (χ1) is 12.8. The number of alkyl halides is 2. The second-order valence-corrected chi connectivity index (χ2v) is 6.49. The van der Waals surface area contributed by atoms with Gasteiger partial charge < -0.3 is 5.73 Å². The minimum atomic E-state index is -2.77. The van der Waals surface area contributed by atoms with Crippen molar-refractivity contribution in [1.29, 1.82) is 0 Å². The zero-order valence-electron chi connectivity index (χ0n) is 15.2. The summed E-state index contributed by atoms with van der Waals surface area (Å²) in [5, 5.41) is 1.96. The maximum Gasteiger partial charge on any atom is 0.318 e. The van der Waals surface area contributed by atoms with Gasteiger partial charge in [-0.1, -0.05) is 74.5 Å². The van der Waals surface area contributed by atoms with E-state index in [-0.39, 0.29) is 11.5 Å². The number of amides is 3. The maximum absolute atomic E-state index is 13.7. The van der Waals surface area contributed by atoms with Crippen LogP contribution in [0.1, 0.15) is 19.4 Å². The fraction of sp³-hybridized carbons (Fsp3) is 0.238. The number of primary amides is 1. The zero-order valence-corrected chi connectivity index (χ0v) is 15.2. The van der Waals surface area contributed by atoms with Crippen LogP contribution in [0.25, 0.3) is 16.7 Å². The standard InChI is InChI=1S/C21H22F2N2O2/c1-13(2)17(20(26)25-21(24)27)12-18(19(22)23)16-10-8-15(9-11-16)14-6-4-3-5-7-14/h3-13,17,19H,1-2H3,(H3,24,25,26,27)/b18-12+. The summed E-state index contributed by atoms with van der Waals surface area (Å²) in [6, 6.07) is 15.3. The summed E-state index contributed by atoms with van der Waals surface area (Å²) in [5.41, 5.74) is 6.91. The van der Waals surface area contributed by atoms with Gasteiger partial charge in [0.25, 0.3) is 6.43 Å². The minimum absolute atomic E-state index is 0.257. The average molecular weight is 372 g/mol. The first-order valence-electron chi connectivity index (χ1n) is 8.55. The summed E-state index contributed by atoms with van der Waals surface area (Å²) in [5.74, 6) is -1.89. The van der Waals surface area contributed by atoms with Gasteiger partial charge in [-0.05, 0) is 22.6 Å². The van der Waals surface area contributed by atoms with Gasteiger partial charge in [0.15, 0.2) is 0 Å². The number of rotatable bonds is 6. The molecule has 2 aromatic rings. The van der Waals surface area contributed by atoms with Crippen molar-refractivity contribution < 1.29 is 18.4 Å². The van der Waals surface area contributed by atoms with Crippen molar-refractivity contribution in [3.63, 3.8) is 0 Å². The molecule has 142 valence electrons. The normalized spacial score (nSPS) is 12.9. The molecule has 0 aromatic heterocycles. The molecule has 1 unspecified atom stereocenters. The highest BCUT2D eigenvalue weighted by Gasteiger charge is 2.24. The second-order valence-electron chi connectivity index (χ2n) is 6.49. The number of halogens is 2. The Morgan fingerprint density at radius 2 is 1.52 bits per heavy atom. The molecule has 2 aromatic carbocycles. The summed E-state index contributed by atoms with van der Waals surface area (Å²) in [6.45, 7) is 3.42. The van der Waals surface area contributed by atoms with E-state index in [1.165, 1.54) is 6.08 Å². The van der Waals surface area contributed by atoms with Crippen molar-refractivity contribution in [3.8, 4) is 11.1 Å². The second kappa shape index (κ2) is 9.07. The molecule has 3 N–H and O–H groups in total. The molecular formula is C21H22F2N2O2. The molecule has 0 saturated carbocycles. The Balaban J connectivity index is 2.36. The third kappa shape index (κ3) is 5.48. The van der Waals surface area contributed by atoms with Crippen LogP contribution in [0.5, 0.6) is 0 Å². The van der Waals surface area contributed by atoms with Gasteiger partial charge in [0.1, 0.15) is 0 Å². The van der Waals surface area contributed by atoms with Crippen LogP contribution < -0.4 is 11.1 Å². The molecule has 2 rings (SSSR count). The highest BCUT2D eigenvalue weighted by molar-refractivity contribution is 5.96. The number of nitrogens with two attached hydrogens (primary N) is 1. The molecule has 27 heavy (non-hydrogen) atoms. The van der Waals surface area contributed by atoms with Gasteiger partial charge in [-0.15, -0.1) is 0 Å². The Bertz CT molecular complexity index is 816. The van der Waals surface area contributed by atoms with E-state index < -0.39 is 24.3 Å². The first kappa shape index (κ1) is 20.3. The Morgan fingerprint density at radius 3 is 2.00 bits per heavy atom. The van der Waals surface area contributed by atoms with Crippen LogP contribution in [-0.2, 0) is 4.79 Å². The molecule has 0 bridgehead atoms. The zero-order chi connectivity index (χ0) is 20.0. The summed E-state index contributed by atoms with van der Waals surface area (Å²) in [7, 11) is 0. The van der Waals surface area contributed by atoms with Gasteiger partial charge in [0.2, 0.25) is 5.91 Å². The van der Waals surface area contributed by atoms with Gasteiger partial charge in [-0.25, -0.2) is 13.6 Å². The molecule has 3 amide bonds. The predicted octanol–water partition coefficient (Wildman–Crippen LogP) is 4.47. The third-order valence-corrected chi connectivity index (χ3v) is 4.19. The number of hydrogen-bond donors (Lipinski definition) is 2.